The number of carbonyl (C=O) groups is 1. The summed E-state index contributed by atoms with van der Waals surface area (Å²) in [5.41, 5.74) is 2.14. The molecule has 1 rings (SSSR count). The normalized spacial score (nSPS) is 12.6. The van der Waals surface area contributed by atoms with E-state index in [9.17, 15) is 4.79 Å². The Morgan fingerprint density at radius 3 is 2.24 bits per heavy atom. The molecule has 1 atom stereocenters. The molecule has 0 N–H and O–H groups in total. The van der Waals surface area contributed by atoms with E-state index in [4.69, 9.17) is 0 Å². The van der Waals surface area contributed by atoms with Crippen LogP contribution in [0.25, 0.3) is 0 Å². The van der Waals surface area contributed by atoms with Crippen LogP contribution in [0, 0.1) is 12.8 Å². The standard InChI is InChI=1S/C14H21NOS/c1-5-15(14(16)13(17)10(2)3)12-8-6-11(4)7-9-12/h6-10,13,17H,5H2,1-4H3. The number of hydrogen-bond donors (Lipinski definition) is 1. The minimum absolute atomic E-state index is 0.0784. The quantitative estimate of drug-likeness (QED) is 0.814. The van der Waals surface area contributed by atoms with Crippen molar-refractivity contribution in [2.75, 3.05) is 11.4 Å². The highest BCUT2D eigenvalue weighted by Gasteiger charge is 2.23. The van der Waals surface area contributed by atoms with Gasteiger partial charge in [0.15, 0.2) is 0 Å². The fourth-order valence-corrected chi connectivity index (χ4v) is 1.77. The van der Waals surface area contributed by atoms with Gasteiger partial charge in [-0.25, -0.2) is 0 Å². The van der Waals surface area contributed by atoms with Crippen molar-refractivity contribution in [3.63, 3.8) is 0 Å². The van der Waals surface area contributed by atoms with Gasteiger partial charge < -0.3 is 4.90 Å². The van der Waals surface area contributed by atoms with E-state index < -0.39 is 0 Å². The summed E-state index contributed by atoms with van der Waals surface area (Å²) >= 11 is 4.39. The van der Waals surface area contributed by atoms with E-state index >= 15 is 0 Å². The molecule has 1 unspecified atom stereocenters. The SMILES string of the molecule is CCN(C(=O)C(S)C(C)C)c1ccc(C)cc1. The molecular formula is C14H21NOS. The number of benzene rings is 1. The monoisotopic (exact) mass is 251 g/mol. The number of nitrogens with zero attached hydrogens (tertiary/aromatic N) is 1. The molecule has 0 radical (unpaired) electrons. The first-order chi connectivity index (χ1) is 7.97. The zero-order valence-electron chi connectivity index (χ0n) is 11.0. The second-order valence-electron chi connectivity index (χ2n) is 4.61. The summed E-state index contributed by atoms with van der Waals surface area (Å²) in [4.78, 5) is 14.0. The molecule has 0 aliphatic rings. The van der Waals surface area contributed by atoms with Crippen LogP contribution in [-0.4, -0.2) is 17.7 Å². The van der Waals surface area contributed by atoms with Crippen LogP contribution in [0.5, 0.6) is 0 Å². The van der Waals surface area contributed by atoms with E-state index in [1.165, 1.54) is 5.56 Å². The molecule has 1 aromatic rings. The van der Waals surface area contributed by atoms with Crippen LogP contribution >= 0.6 is 12.6 Å². The lowest BCUT2D eigenvalue weighted by molar-refractivity contribution is -0.118. The van der Waals surface area contributed by atoms with E-state index in [-0.39, 0.29) is 17.1 Å². The van der Waals surface area contributed by atoms with Crippen LogP contribution in [-0.2, 0) is 4.79 Å². The molecule has 1 aromatic carbocycles. The van der Waals surface area contributed by atoms with Crippen molar-refractivity contribution in [1.29, 1.82) is 0 Å². The number of anilines is 1. The first-order valence-corrected chi connectivity index (χ1v) is 6.55. The molecule has 1 amide bonds. The Morgan fingerprint density at radius 2 is 1.82 bits per heavy atom. The van der Waals surface area contributed by atoms with Crippen LogP contribution in [0.4, 0.5) is 5.69 Å². The Morgan fingerprint density at radius 1 is 1.29 bits per heavy atom. The Kier molecular flexibility index (Phi) is 5.06. The average Bonchev–Trinajstić information content (AvgIpc) is 2.31. The van der Waals surface area contributed by atoms with Crippen LogP contribution < -0.4 is 4.90 Å². The highest BCUT2D eigenvalue weighted by molar-refractivity contribution is 7.81. The molecule has 0 aliphatic heterocycles. The number of carbonyl (C=O) groups excluding carboxylic acids is 1. The third kappa shape index (κ3) is 3.50. The van der Waals surface area contributed by atoms with Gasteiger partial charge in [0.1, 0.15) is 0 Å². The summed E-state index contributed by atoms with van der Waals surface area (Å²) in [7, 11) is 0. The summed E-state index contributed by atoms with van der Waals surface area (Å²) in [6.45, 7) is 8.72. The second kappa shape index (κ2) is 6.10. The van der Waals surface area contributed by atoms with Gasteiger partial charge in [-0.05, 0) is 31.9 Å². The molecular weight excluding hydrogens is 230 g/mol. The number of aryl methyl sites for hydroxylation is 1. The third-order valence-corrected chi connectivity index (χ3v) is 3.63. The van der Waals surface area contributed by atoms with Crippen LogP contribution in [0.2, 0.25) is 0 Å². The minimum Gasteiger partial charge on any atom is -0.312 e. The topological polar surface area (TPSA) is 20.3 Å². The maximum Gasteiger partial charge on any atom is 0.240 e. The number of rotatable bonds is 4. The number of hydrogen-bond acceptors (Lipinski definition) is 2. The van der Waals surface area contributed by atoms with Crippen molar-refractivity contribution < 1.29 is 4.79 Å². The lowest BCUT2D eigenvalue weighted by Crippen LogP contribution is -2.39. The smallest absolute Gasteiger partial charge is 0.240 e. The molecule has 0 bridgehead atoms. The lowest BCUT2D eigenvalue weighted by Gasteiger charge is -2.25. The maximum absolute atomic E-state index is 12.3. The van der Waals surface area contributed by atoms with E-state index in [2.05, 4.69) is 12.6 Å². The molecule has 0 saturated heterocycles. The van der Waals surface area contributed by atoms with E-state index in [1.807, 2.05) is 52.0 Å². The van der Waals surface area contributed by atoms with Crippen LogP contribution in [0.15, 0.2) is 24.3 Å². The Hall–Kier alpha value is -0.960. The van der Waals surface area contributed by atoms with Gasteiger partial charge in [0.2, 0.25) is 5.91 Å². The fraction of sp³-hybridized carbons (Fsp3) is 0.500. The third-order valence-electron chi connectivity index (χ3n) is 2.81. The molecule has 0 fully saturated rings. The summed E-state index contributed by atoms with van der Waals surface area (Å²) < 4.78 is 0. The molecule has 3 heteroatoms. The first kappa shape index (κ1) is 14.1. The van der Waals surface area contributed by atoms with Gasteiger partial charge in [-0.3, -0.25) is 4.79 Å². The molecule has 94 valence electrons. The first-order valence-electron chi connectivity index (χ1n) is 6.03. The van der Waals surface area contributed by atoms with E-state index in [0.29, 0.717) is 6.54 Å². The Bertz CT molecular complexity index is 372. The fourth-order valence-electron chi connectivity index (χ4n) is 1.64. The van der Waals surface area contributed by atoms with Crippen molar-refractivity contribution in [2.45, 2.75) is 32.9 Å². The van der Waals surface area contributed by atoms with Gasteiger partial charge in [-0.2, -0.15) is 12.6 Å². The zero-order valence-corrected chi connectivity index (χ0v) is 11.9. The Labute approximate surface area is 109 Å². The Balaban J connectivity index is 2.91. The van der Waals surface area contributed by atoms with Crippen molar-refractivity contribution in [3.8, 4) is 0 Å². The summed E-state index contributed by atoms with van der Waals surface area (Å²) in [6, 6.07) is 8.01. The lowest BCUT2D eigenvalue weighted by atomic mass is 10.1. The molecule has 0 heterocycles. The average molecular weight is 251 g/mol. The van der Waals surface area contributed by atoms with E-state index in [1.54, 1.807) is 4.90 Å². The summed E-state index contributed by atoms with van der Waals surface area (Å²) in [5, 5.41) is -0.240. The highest BCUT2D eigenvalue weighted by Crippen LogP contribution is 2.20. The van der Waals surface area contributed by atoms with Gasteiger partial charge >= 0.3 is 0 Å². The summed E-state index contributed by atoms with van der Waals surface area (Å²) in [6.07, 6.45) is 0. The predicted octanol–water partition coefficient (Wildman–Crippen LogP) is 3.30. The van der Waals surface area contributed by atoms with E-state index in [0.717, 1.165) is 5.69 Å². The molecule has 2 nitrogen and oxygen atoms in total. The predicted molar refractivity (Wildman–Crippen MR) is 76.8 cm³/mol. The zero-order chi connectivity index (χ0) is 13.0. The van der Waals surface area contributed by atoms with Gasteiger partial charge in [-0.15, -0.1) is 0 Å². The second-order valence-corrected chi connectivity index (χ2v) is 5.16. The molecule has 17 heavy (non-hydrogen) atoms. The van der Waals surface area contributed by atoms with Crippen molar-refractivity contribution >= 4 is 24.2 Å². The highest BCUT2D eigenvalue weighted by atomic mass is 32.1. The molecule has 0 saturated carbocycles. The van der Waals surface area contributed by atoms with Gasteiger partial charge in [0, 0.05) is 12.2 Å². The molecule has 0 spiro atoms. The van der Waals surface area contributed by atoms with Gasteiger partial charge in [0.25, 0.3) is 0 Å². The largest absolute Gasteiger partial charge is 0.312 e. The molecule has 0 aromatic heterocycles. The van der Waals surface area contributed by atoms with Crippen molar-refractivity contribution in [3.05, 3.63) is 29.8 Å². The van der Waals surface area contributed by atoms with Crippen LogP contribution in [0.3, 0.4) is 0 Å². The van der Waals surface area contributed by atoms with Gasteiger partial charge in [0.05, 0.1) is 5.25 Å². The number of amides is 1. The van der Waals surface area contributed by atoms with Crippen LogP contribution in [0.1, 0.15) is 26.3 Å². The maximum atomic E-state index is 12.3. The van der Waals surface area contributed by atoms with Gasteiger partial charge in [-0.1, -0.05) is 31.5 Å². The molecule has 0 aliphatic carbocycles. The minimum atomic E-state index is -0.240. The van der Waals surface area contributed by atoms with Crippen molar-refractivity contribution in [2.24, 2.45) is 5.92 Å². The summed E-state index contributed by atoms with van der Waals surface area (Å²) in [5.74, 6) is 0.319. The van der Waals surface area contributed by atoms with Crippen molar-refractivity contribution in [1.82, 2.24) is 0 Å². The number of thiol groups is 1.